The quantitative estimate of drug-likeness (QED) is 0.800. The van der Waals surface area contributed by atoms with Crippen molar-refractivity contribution in [2.75, 3.05) is 37.6 Å². The molecule has 0 spiro atoms. The number of piperazine rings is 1. The van der Waals surface area contributed by atoms with Crippen LogP contribution in [-0.2, 0) is 4.79 Å². The van der Waals surface area contributed by atoms with E-state index in [4.69, 9.17) is 0 Å². The van der Waals surface area contributed by atoms with E-state index in [1.807, 2.05) is 17.9 Å². The highest BCUT2D eigenvalue weighted by atomic mass is 16.2. The van der Waals surface area contributed by atoms with E-state index in [0.29, 0.717) is 31.6 Å². The van der Waals surface area contributed by atoms with Gasteiger partial charge in [-0.15, -0.1) is 0 Å². The number of nitrogens with one attached hydrogen (secondary N) is 1. The molecule has 1 aliphatic rings. The maximum atomic E-state index is 12.5. The van der Waals surface area contributed by atoms with E-state index < -0.39 is 0 Å². The van der Waals surface area contributed by atoms with Gasteiger partial charge >= 0.3 is 0 Å². The Morgan fingerprint density at radius 2 is 1.79 bits per heavy atom. The van der Waals surface area contributed by atoms with E-state index in [-0.39, 0.29) is 17.7 Å². The van der Waals surface area contributed by atoms with Crippen LogP contribution in [0.4, 0.5) is 5.82 Å². The molecule has 1 aliphatic heterocycles. The number of carbonyl (C=O) groups excluding carboxylic acids is 2. The van der Waals surface area contributed by atoms with Crippen molar-refractivity contribution in [3.63, 3.8) is 0 Å². The number of amides is 2. The third kappa shape index (κ3) is 5.49. The number of carbonyl (C=O) groups is 2. The number of rotatable bonds is 6. The molecule has 154 valence electrons. The number of hydrogen-bond donors (Lipinski definition) is 1. The molecular weight excluding hydrogens is 368 g/mol. The third-order valence-electron chi connectivity index (χ3n) is 4.90. The molecule has 0 radical (unpaired) electrons. The standard InChI is InChI=1S/C21H28N6O2/c1-15(2)20-24-16(3)14-18(25-20)26-10-12-27(13-11-26)19(28)6-9-23-21(29)17-4-7-22-8-5-17/h4-5,7-8,14-15H,6,9-13H2,1-3H3,(H,23,29). The summed E-state index contributed by atoms with van der Waals surface area (Å²) in [5.74, 6) is 1.92. The van der Waals surface area contributed by atoms with Gasteiger partial charge in [-0.05, 0) is 19.1 Å². The van der Waals surface area contributed by atoms with Crippen LogP contribution in [0.5, 0.6) is 0 Å². The van der Waals surface area contributed by atoms with Crippen LogP contribution in [-0.4, -0.2) is 64.4 Å². The summed E-state index contributed by atoms with van der Waals surface area (Å²) in [5.41, 5.74) is 1.50. The lowest BCUT2D eigenvalue weighted by Gasteiger charge is -2.35. The smallest absolute Gasteiger partial charge is 0.251 e. The first kappa shape index (κ1) is 20.7. The molecule has 2 aromatic rings. The van der Waals surface area contributed by atoms with E-state index in [2.05, 4.69) is 39.0 Å². The van der Waals surface area contributed by atoms with Crippen molar-refractivity contribution >= 4 is 17.6 Å². The molecule has 0 aromatic carbocycles. The fraction of sp³-hybridized carbons (Fsp3) is 0.476. The molecular formula is C21H28N6O2. The molecule has 1 saturated heterocycles. The first-order valence-electron chi connectivity index (χ1n) is 10.0. The number of hydrogen-bond acceptors (Lipinski definition) is 6. The second-order valence-electron chi connectivity index (χ2n) is 7.49. The fourth-order valence-electron chi connectivity index (χ4n) is 3.23. The lowest BCUT2D eigenvalue weighted by atomic mass is 10.2. The maximum absolute atomic E-state index is 12.5. The zero-order valence-electron chi connectivity index (χ0n) is 17.3. The summed E-state index contributed by atoms with van der Waals surface area (Å²) in [6, 6.07) is 5.30. The molecule has 8 heteroatoms. The highest BCUT2D eigenvalue weighted by Gasteiger charge is 2.22. The molecule has 0 saturated carbocycles. The number of aryl methyl sites for hydroxylation is 1. The Kier molecular flexibility index (Phi) is 6.74. The predicted octanol–water partition coefficient (Wildman–Crippen LogP) is 1.77. The highest BCUT2D eigenvalue weighted by molar-refractivity contribution is 5.94. The summed E-state index contributed by atoms with van der Waals surface area (Å²) in [6.45, 7) is 9.26. The van der Waals surface area contributed by atoms with Gasteiger partial charge in [-0.25, -0.2) is 9.97 Å². The predicted molar refractivity (Wildman–Crippen MR) is 111 cm³/mol. The molecule has 1 N–H and O–H groups in total. The third-order valence-corrected chi connectivity index (χ3v) is 4.90. The lowest BCUT2D eigenvalue weighted by molar-refractivity contribution is -0.131. The number of nitrogens with zero attached hydrogens (tertiary/aromatic N) is 5. The monoisotopic (exact) mass is 396 g/mol. The van der Waals surface area contributed by atoms with Gasteiger partial charge in [0.25, 0.3) is 5.91 Å². The van der Waals surface area contributed by atoms with Crippen LogP contribution in [0.15, 0.2) is 30.6 Å². The first-order valence-corrected chi connectivity index (χ1v) is 10.0. The Morgan fingerprint density at radius 1 is 1.10 bits per heavy atom. The Hall–Kier alpha value is -3.03. The van der Waals surface area contributed by atoms with Gasteiger partial charge in [-0.2, -0.15) is 0 Å². The summed E-state index contributed by atoms with van der Waals surface area (Å²) < 4.78 is 0. The summed E-state index contributed by atoms with van der Waals surface area (Å²) in [6.07, 6.45) is 3.44. The van der Waals surface area contributed by atoms with Crippen molar-refractivity contribution in [3.8, 4) is 0 Å². The normalized spacial score (nSPS) is 14.2. The Labute approximate surface area is 171 Å². The Morgan fingerprint density at radius 3 is 2.45 bits per heavy atom. The molecule has 1 fully saturated rings. The number of pyridine rings is 1. The largest absolute Gasteiger partial charge is 0.353 e. The fourth-order valence-corrected chi connectivity index (χ4v) is 3.23. The van der Waals surface area contributed by atoms with Crippen molar-refractivity contribution in [1.29, 1.82) is 0 Å². The molecule has 0 unspecified atom stereocenters. The van der Waals surface area contributed by atoms with Crippen molar-refractivity contribution in [1.82, 2.24) is 25.2 Å². The molecule has 0 aliphatic carbocycles. The first-order chi connectivity index (χ1) is 13.9. The van der Waals surface area contributed by atoms with Gasteiger partial charge in [0, 0.05) is 74.8 Å². The van der Waals surface area contributed by atoms with Gasteiger partial charge in [0.2, 0.25) is 5.91 Å². The van der Waals surface area contributed by atoms with Crippen LogP contribution in [0.3, 0.4) is 0 Å². The minimum absolute atomic E-state index is 0.0569. The van der Waals surface area contributed by atoms with Gasteiger partial charge in [0.05, 0.1) is 0 Å². The second-order valence-corrected chi connectivity index (χ2v) is 7.49. The van der Waals surface area contributed by atoms with E-state index >= 15 is 0 Å². The van der Waals surface area contributed by atoms with Gasteiger partial charge in [-0.1, -0.05) is 13.8 Å². The zero-order chi connectivity index (χ0) is 20.8. The van der Waals surface area contributed by atoms with Crippen LogP contribution in [0.25, 0.3) is 0 Å². The molecule has 8 nitrogen and oxygen atoms in total. The zero-order valence-corrected chi connectivity index (χ0v) is 17.3. The number of anilines is 1. The lowest BCUT2D eigenvalue weighted by Crippen LogP contribution is -2.49. The van der Waals surface area contributed by atoms with Crippen molar-refractivity contribution in [2.24, 2.45) is 0 Å². The Balaban J connectivity index is 1.47. The topological polar surface area (TPSA) is 91.3 Å². The van der Waals surface area contributed by atoms with Gasteiger partial charge in [0.15, 0.2) is 0 Å². The minimum atomic E-state index is -0.190. The molecule has 3 rings (SSSR count). The van der Waals surface area contributed by atoms with Crippen LogP contribution < -0.4 is 10.2 Å². The second kappa shape index (κ2) is 9.45. The van der Waals surface area contributed by atoms with E-state index in [0.717, 1.165) is 30.4 Å². The van der Waals surface area contributed by atoms with Crippen LogP contribution in [0, 0.1) is 6.92 Å². The van der Waals surface area contributed by atoms with E-state index in [1.54, 1.807) is 24.5 Å². The molecule has 29 heavy (non-hydrogen) atoms. The van der Waals surface area contributed by atoms with Crippen LogP contribution >= 0.6 is 0 Å². The van der Waals surface area contributed by atoms with Crippen LogP contribution in [0.1, 0.15) is 48.1 Å². The minimum Gasteiger partial charge on any atom is -0.353 e. The molecule has 2 amide bonds. The molecule has 0 atom stereocenters. The number of aromatic nitrogens is 3. The average Bonchev–Trinajstić information content (AvgIpc) is 2.73. The van der Waals surface area contributed by atoms with E-state index in [1.165, 1.54) is 0 Å². The summed E-state index contributed by atoms with van der Waals surface area (Å²) in [7, 11) is 0. The summed E-state index contributed by atoms with van der Waals surface area (Å²) in [5, 5.41) is 2.78. The molecule has 3 heterocycles. The van der Waals surface area contributed by atoms with Crippen molar-refractivity contribution < 1.29 is 9.59 Å². The average molecular weight is 396 g/mol. The summed E-state index contributed by atoms with van der Waals surface area (Å²) in [4.78, 5) is 41.6. The maximum Gasteiger partial charge on any atom is 0.251 e. The SMILES string of the molecule is Cc1cc(N2CCN(C(=O)CCNC(=O)c3ccncc3)CC2)nc(C(C)C)n1. The van der Waals surface area contributed by atoms with E-state index in [9.17, 15) is 9.59 Å². The van der Waals surface area contributed by atoms with Gasteiger partial charge in [0.1, 0.15) is 11.6 Å². The molecule has 0 bridgehead atoms. The highest BCUT2D eigenvalue weighted by Crippen LogP contribution is 2.18. The molecule has 2 aromatic heterocycles. The van der Waals surface area contributed by atoms with Crippen molar-refractivity contribution in [2.45, 2.75) is 33.1 Å². The van der Waals surface area contributed by atoms with Gasteiger partial charge < -0.3 is 15.1 Å². The Bertz CT molecular complexity index is 848. The van der Waals surface area contributed by atoms with Gasteiger partial charge in [-0.3, -0.25) is 14.6 Å². The summed E-state index contributed by atoms with van der Waals surface area (Å²) >= 11 is 0. The van der Waals surface area contributed by atoms with Crippen molar-refractivity contribution in [3.05, 3.63) is 47.7 Å². The van der Waals surface area contributed by atoms with Crippen LogP contribution in [0.2, 0.25) is 0 Å².